The van der Waals surface area contributed by atoms with Gasteiger partial charge in [-0.3, -0.25) is 9.59 Å². The molecule has 6 heteroatoms. The molecule has 1 aliphatic rings. The van der Waals surface area contributed by atoms with Crippen LogP contribution in [-0.2, 0) is 9.59 Å². The molecular weight excluding hydrogens is 358 g/mol. The summed E-state index contributed by atoms with van der Waals surface area (Å²) in [7, 11) is 0. The highest BCUT2D eigenvalue weighted by Gasteiger charge is 2.31. The molecule has 0 aliphatic carbocycles. The Bertz CT molecular complexity index is 785. The van der Waals surface area contributed by atoms with Gasteiger partial charge in [-0.1, -0.05) is 38.1 Å². The number of carbonyl (C=O) groups excluding carboxylic acids is 2. The van der Waals surface area contributed by atoms with Crippen molar-refractivity contribution in [3.63, 3.8) is 0 Å². The van der Waals surface area contributed by atoms with E-state index >= 15 is 0 Å². The maximum atomic E-state index is 12.8. The molecule has 2 heterocycles. The van der Waals surface area contributed by atoms with Gasteiger partial charge in [0, 0.05) is 6.54 Å². The Morgan fingerprint density at radius 2 is 2.11 bits per heavy atom. The molecule has 27 heavy (non-hydrogen) atoms. The number of hydrogen-bond acceptors (Lipinski definition) is 4. The molecule has 0 bridgehead atoms. The van der Waals surface area contributed by atoms with Gasteiger partial charge < -0.3 is 10.2 Å². The molecule has 3 rings (SSSR count). The lowest BCUT2D eigenvalue weighted by atomic mass is 9.95. The van der Waals surface area contributed by atoms with Crippen LogP contribution in [-0.4, -0.2) is 34.8 Å². The van der Waals surface area contributed by atoms with Crippen molar-refractivity contribution < 1.29 is 9.59 Å². The van der Waals surface area contributed by atoms with E-state index in [1.165, 1.54) is 4.88 Å². The first-order valence-electron chi connectivity index (χ1n) is 9.51. The number of hydrogen-bond donors (Lipinski definition) is 1. The minimum Gasteiger partial charge on any atom is -0.347 e. The van der Waals surface area contributed by atoms with Gasteiger partial charge >= 0.3 is 0 Å². The number of aryl methyl sites for hydroxylation is 1. The Morgan fingerprint density at radius 3 is 2.70 bits per heavy atom. The molecule has 0 saturated carbocycles. The summed E-state index contributed by atoms with van der Waals surface area (Å²) >= 11 is 1.64. The predicted octanol–water partition coefficient (Wildman–Crippen LogP) is 3.94. The summed E-state index contributed by atoms with van der Waals surface area (Å²) in [6.07, 6.45) is 3.27. The van der Waals surface area contributed by atoms with Crippen molar-refractivity contribution in [2.24, 2.45) is 5.92 Å². The van der Waals surface area contributed by atoms with Crippen molar-refractivity contribution in [2.75, 3.05) is 6.54 Å². The van der Waals surface area contributed by atoms with Gasteiger partial charge in [-0.15, -0.1) is 11.3 Å². The number of nitrogens with zero attached hydrogens (tertiary/aromatic N) is 2. The van der Waals surface area contributed by atoms with Crippen LogP contribution in [0, 0.1) is 12.8 Å². The second-order valence-corrected chi connectivity index (χ2v) is 8.44. The van der Waals surface area contributed by atoms with E-state index in [1.807, 2.05) is 12.4 Å². The normalized spacial score (nSPS) is 17.9. The number of likely N-dealkylation sites (tertiary alicyclic amines) is 1. The quantitative estimate of drug-likeness (QED) is 0.734. The average molecular weight is 386 g/mol. The molecular formula is C21H27N3O2S. The highest BCUT2D eigenvalue weighted by Crippen LogP contribution is 2.30. The number of amides is 2. The molecule has 0 radical (unpaired) electrons. The first-order valence-corrected chi connectivity index (χ1v) is 10.4. The molecule has 2 unspecified atom stereocenters. The highest BCUT2D eigenvalue weighted by atomic mass is 32.1. The fourth-order valence-corrected chi connectivity index (χ4v) is 4.47. The van der Waals surface area contributed by atoms with Gasteiger partial charge in [0.15, 0.2) is 0 Å². The summed E-state index contributed by atoms with van der Waals surface area (Å²) in [6.45, 7) is 6.99. The van der Waals surface area contributed by atoms with E-state index in [1.54, 1.807) is 16.2 Å². The van der Waals surface area contributed by atoms with Gasteiger partial charge in [-0.05, 0) is 43.2 Å². The zero-order valence-electron chi connectivity index (χ0n) is 16.1. The molecule has 2 aromatic rings. The van der Waals surface area contributed by atoms with E-state index in [2.05, 4.69) is 48.4 Å². The van der Waals surface area contributed by atoms with Crippen molar-refractivity contribution in [1.29, 1.82) is 0 Å². The summed E-state index contributed by atoms with van der Waals surface area (Å²) < 4.78 is 0. The topological polar surface area (TPSA) is 62.3 Å². The van der Waals surface area contributed by atoms with Crippen molar-refractivity contribution >= 4 is 23.7 Å². The average Bonchev–Trinajstić information content (AvgIpc) is 3.29. The molecule has 1 aromatic carbocycles. The third kappa shape index (κ3) is 4.56. The van der Waals surface area contributed by atoms with E-state index in [0.29, 0.717) is 12.5 Å². The van der Waals surface area contributed by atoms with Crippen molar-refractivity contribution in [3.8, 4) is 10.4 Å². The van der Waals surface area contributed by atoms with E-state index in [0.717, 1.165) is 42.5 Å². The number of benzene rings is 1. The van der Waals surface area contributed by atoms with Crippen LogP contribution < -0.4 is 5.32 Å². The highest BCUT2D eigenvalue weighted by molar-refractivity contribution is 7.13. The standard InChI is InChI=1S/C21H27N3O2S/c1-14(2)11-18(23-21(26)19-5-4-10-24(19)13-25)16-6-8-17(9-7-16)20-15(3)22-12-27-20/h6-9,12-14,18-19H,4-5,10-11H2,1-3H3,(H,23,26). The van der Waals surface area contributed by atoms with Gasteiger partial charge in [0.25, 0.3) is 0 Å². The number of rotatable bonds is 7. The Labute approximate surface area is 164 Å². The zero-order valence-corrected chi connectivity index (χ0v) is 17.0. The molecule has 1 saturated heterocycles. The zero-order chi connectivity index (χ0) is 19.4. The molecule has 5 nitrogen and oxygen atoms in total. The number of carbonyl (C=O) groups is 2. The lowest BCUT2D eigenvalue weighted by Gasteiger charge is -2.25. The van der Waals surface area contributed by atoms with Crippen LogP contribution in [0.5, 0.6) is 0 Å². The second kappa shape index (κ2) is 8.65. The fourth-order valence-electron chi connectivity index (χ4n) is 3.66. The van der Waals surface area contributed by atoms with Gasteiger partial charge in [0.1, 0.15) is 6.04 Å². The van der Waals surface area contributed by atoms with Crippen LogP contribution in [0.15, 0.2) is 29.8 Å². The van der Waals surface area contributed by atoms with Crippen molar-refractivity contribution in [1.82, 2.24) is 15.2 Å². The van der Waals surface area contributed by atoms with Crippen molar-refractivity contribution in [3.05, 3.63) is 41.0 Å². The van der Waals surface area contributed by atoms with Gasteiger partial charge in [-0.2, -0.15) is 0 Å². The maximum absolute atomic E-state index is 12.8. The molecule has 2 atom stereocenters. The number of thiazole rings is 1. The van der Waals surface area contributed by atoms with E-state index < -0.39 is 0 Å². The monoisotopic (exact) mass is 385 g/mol. The predicted molar refractivity (Wildman–Crippen MR) is 108 cm³/mol. The third-order valence-corrected chi connectivity index (χ3v) is 6.05. The van der Waals surface area contributed by atoms with Gasteiger partial charge in [-0.25, -0.2) is 4.98 Å². The minimum absolute atomic E-state index is 0.0485. The minimum atomic E-state index is -0.337. The lowest BCUT2D eigenvalue weighted by Crippen LogP contribution is -2.44. The van der Waals surface area contributed by atoms with Crippen molar-refractivity contribution in [2.45, 2.75) is 52.1 Å². The van der Waals surface area contributed by atoms with Crippen LogP contribution in [0.2, 0.25) is 0 Å². The van der Waals surface area contributed by atoms with E-state index in [9.17, 15) is 9.59 Å². The Balaban J connectivity index is 1.77. The Hall–Kier alpha value is -2.21. The third-order valence-electron chi connectivity index (χ3n) is 5.08. The van der Waals surface area contributed by atoms with Crippen LogP contribution >= 0.6 is 11.3 Å². The molecule has 1 fully saturated rings. The molecule has 1 aliphatic heterocycles. The smallest absolute Gasteiger partial charge is 0.243 e. The van der Waals surface area contributed by atoms with Crippen LogP contribution in [0.3, 0.4) is 0 Å². The summed E-state index contributed by atoms with van der Waals surface area (Å²) in [4.78, 5) is 31.0. The maximum Gasteiger partial charge on any atom is 0.243 e. The molecule has 144 valence electrons. The second-order valence-electron chi connectivity index (χ2n) is 7.58. The fraction of sp³-hybridized carbons (Fsp3) is 0.476. The molecule has 1 N–H and O–H groups in total. The van der Waals surface area contributed by atoms with Gasteiger partial charge in [0.05, 0.1) is 22.1 Å². The summed E-state index contributed by atoms with van der Waals surface area (Å²) in [5.74, 6) is 0.400. The Morgan fingerprint density at radius 1 is 1.37 bits per heavy atom. The Kier molecular flexibility index (Phi) is 6.26. The first kappa shape index (κ1) is 19.5. The van der Waals surface area contributed by atoms with Crippen LogP contribution in [0.1, 0.15) is 50.4 Å². The van der Waals surface area contributed by atoms with Gasteiger partial charge in [0.2, 0.25) is 12.3 Å². The summed E-state index contributed by atoms with van der Waals surface area (Å²) in [6, 6.07) is 7.99. The number of nitrogens with one attached hydrogen (secondary N) is 1. The van der Waals surface area contributed by atoms with Crippen LogP contribution in [0.25, 0.3) is 10.4 Å². The molecule has 0 spiro atoms. The summed E-state index contributed by atoms with van der Waals surface area (Å²) in [5.41, 5.74) is 5.14. The van der Waals surface area contributed by atoms with Crippen LogP contribution in [0.4, 0.5) is 0 Å². The SMILES string of the molecule is Cc1ncsc1-c1ccc(C(CC(C)C)NC(=O)C2CCCN2C=O)cc1. The molecule has 1 aromatic heterocycles. The van der Waals surface area contributed by atoms with E-state index in [4.69, 9.17) is 0 Å². The first-order chi connectivity index (χ1) is 13.0. The molecule has 2 amide bonds. The summed E-state index contributed by atoms with van der Waals surface area (Å²) in [5, 5.41) is 3.19. The van der Waals surface area contributed by atoms with E-state index in [-0.39, 0.29) is 18.0 Å². The number of aromatic nitrogens is 1. The largest absolute Gasteiger partial charge is 0.347 e. The lowest BCUT2D eigenvalue weighted by molar-refractivity contribution is -0.131.